The van der Waals surface area contributed by atoms with Gasteiger partial charge < -0.3 is 20.1 Å². The van der Waals surface area contributed by atoms with Crippen LogP contribution in [0.2, 0.25) is 0 Å². The van der Waals surface area contributed by atoms with Crippen molar-refractivity contribution in [2.45, 2.75) is 25.8 Å². The van der Waals surface area contributed by atoms with Crippen molar-refractivity contribution in [3.63, 3.8) is 0 Å². The van der Waals surface area contributed by atoms with Crippen molar-refractivity contribution < 1.29 is 14.3 Å². The maximum absolute atomic E-state index is 12.0. The van der Waals surface area contributed by atoms with Crippen LogP contribution in [0.1, 0.15) is 24.8 Å². The summed E-state index contributed by atoms with van der Waals surface area (Å²) < 4.78 is 10.9. The highest BCUT2D eigenvalue weighted by atomic mass is 35.5. The Kier molecular flexibility index (Phi) is 10.7. The third-order valence-electron chi connectivity index (χ3n) is 4.49. The van der Waals surface area contributed by atoms with Crippen molar-refractivity contribution in [3.05, 3.63) is 48.2 Å². The number of benzene rings is 1. The van der Waals surface area contributed by atoms with Crippen LogP contribution in [0.5, 0.6) is 17.4 Å². The van der Waals surface area contributed by atoms with Gasteiger partial charge in [-0.15, -0.1) is 24.8 Å². The highest BCUT2D eigenvalue weighted by Crippen LogP contribution is 2.23. The van der Waals surface area contributed by atoms with Gasteiger partial charge in [-0.3, -0.25) is 4.79 Å². The zero-order valence-corrected chi connectivity index (χ0v) is 17.5. The van der Waals surface area contributed by atoms with E-state index in [0.717, 1.165) is 30.8 Å². The number of rotatable bonds is 8. The molecule has 1 atom stereocenters. The minimum Gasteiger partial charge on any atom is -0.497 e. The largest absolute Gasteiger partial charge is 0.497 e. The second-order valence-electron chi connectivity index (χ2n) is 6.46. The minimum absolute atomic E-state index is 0. The Morgan fingerprint density at radius 3 is 2.75 bits per heavy atom. The smallest absolute Gasteiger partial charge is 0.220 e. The van der Waals surface area contributed by atoms with Gasteiger partial charge in [0.15, 0.2) is 0 Å². The fraction of sp³-hybridized carbons (Fsp3) is 0.400. The maximum Gasteiger partial charge on any atom is 0.220 e. The van der Waals surface area contributed by atoms with Crippen LogP contribution in [-0.2, 0) is 11.3 Å². The molecule has 0 bridgehead atoms. The van der Waals surface area contributed by atoms with Crippen molar-refractivity contribution in [2.24, 2.45) is 5.92 Å². The topological polar surface area (TPSA) is 72.5 Å². The molecule has 2 aromatic rings. The molecule has 0 saturated carbocycles. The average molecular weight is 428 g/mol. The number of amides is 1. The third kappa shape index (κ3) is 7.54. The van der Waals surface area contributed by atoms with Crippen molar-refractivity contribution in [2.75, 3.05) is 20.2 Å². The Morgan fingerprint density at radius 1 is 1.25 bits per heavy atom. The SMILES string of the molecule is COc1cccc(Oc2ccc(CNC(=O)CCC3CCNC3)cn2)c1.Cl.Cl. The average Bonchev–Trinajstić information content (AvgIpc) is 3.19. The molecule has 1 aliphatic heterocycles. The number of hydrogen-bond acceptors (Lipinski definition) is 5. The van der Waals surface area contributed by atoms with Gasteiger partial charge in [-0.1, -0.05) is 12.1 Å². The summed E-state index contributed by atoms with van der Waals surface area (Å²) in [5.41, 5.74) is 0.943. The lowest BCUT2D eigenvalue weighted by molar-refractivity contribution is -0.121. The molecule has 1 aromatic carbocycles. The Bertz CT molecular complexity index is 723. The molecule has 2 heterocycles. The summed E-state index contributed by atoms with van der Waals surface area (Å²) in [4.78, 5) is 16.2. The zero-order chi connectivity index (χ0) is 18.2. The van der Waals surface area contributed by atoms with Crippen LogP contribution in [0.25, 0.3) is 0 Å². The van der Waals surface area contributed by atoms with Gasteiger partial charge in [-0.25, -0.2) is 4.98 Å². The highest BCUT2D eigenvalue weighted by molar-refractivity contribution is 5.85. The number of aromatic nitrogens is 1. The molecule has 8 heteroatoms. The van der Waals surface area contributed by atoms with Crippen LogP contribution in [0.4, 0.5) is 0 Å². The molecule has 1 unspecified atom stereocenters. The number of carbonyl (C=O) groups is 1. The molecule has 0 aliphatic carbocycles. The van der Waals surface area contributed by atoms with Crippen LogP contribution in [0.15, 0.2) is 42.6 Å². The number of halogens is 2. The first-order valence-corrected chi connectivity index (χ1v) is 8.97. The predicted octanol–water partition coefficient (Wildman–Crippen LogP) is 3.73. The first-order valence-electron chi connectivity index (χ1n) is 8.97. The molecule has 3 rings (SSSR count). The lowest BCUT2D eigenvalue weighted by atomic mass is 10.0. The first-order chi connectivity index (χ1) is 12.7. The Morgan fingerprint density at radius 2 is 2.07 bits per heavy atom. The van der Waals surface area contributed by atoms with E-state index in [4.69, 9.17) is 9.47 Å². The van der Waals surface area contributed by atoms with Crippen LogP contribution < -0.4 is 20.1 Å². The molecule has 0 spiro atoms. The lowest BCUT2D eigenvalue weighted by Crippen LogP contribution is -2.23. The van der Waals surface area contributed by atoms with Gasteiger partial charge in [-0.05, 0) is 49.5 Å². The van der Waals surface area contributed by atoms with Crippen LogP contribution in [0, 0.1) is 5.92 Å². The van der Waals surface area contributed by atoms with Gasteiger partial charge in [0.05, 0.1) is 7.11 Å². The van der Waals surface area contributed by atoms with Gasteiger partial charge in [0, 0.05) is 31.3 Å². The van der Waals surface area contributed by atoms with Crippen LogP contribution >= 0.6 is 24.8 Å². The molecule has 154 valence electrons. The summed E-state index contributed by atoms with van der Waals surface area (Å²) in [6.07, 6.45) is 4.42. The van der Waals surface area contributed by atoms with Crippen molar-refractivity contribution in [1.82, 2.24) is 15.6 Å². The summed E-state index contributed by atoms with van der Waals surface area (Å²) in [6, 6.07) is 11.1. The van der Waals surface area contributed by atoms with Crippen LogP contribution in [0.3, 0.4) is 0 Å². The number of methoxy groups -OCH3 is 1. The van der Waals surface area contributed by atoms with Gasteiger partial charge in [-0.2, -0.15) is 0 Å². The summed E-state index contributed by atoms with van der Waals surface area (Å²) in [5, 5.41) is 6.27. The normalized spacial score (nSPS) is 15.1. The summed E-state index contributed by atoms with van der Waals surface area (Å²) >= 11 is 0. The zero-order valence-electron chi connectivity index (χ0n) is 15.8. The molecule has 1 amide bonds. The summed E-state index contributed by atoms with van der Waals surface area (Å²) in [6.45, 7) is 2.59. The van der Waals surface area contributed by atoms with Crippen molar-refractivity contribution in [1.29, 1.82) is 0 Å². The first kappa shape index (κ1) is 24.0. The van der Waals surface area contributed by atoms with E-state index in [1.165, 1.54) is 6.42 Å². The quantitative estimate of drug-likeness (QED) is 0.671. The van der Waals surface area contributed by atoms with E-state index in [9.17, 15) is 4.79 Å². The van der Waals surface area contributed by atoms with E-state index < -0.39 is 0 Å². The number of nitrogens with zero attached hydrogens (tertiary/aromatic N) is 1. The Balaban J connectivity index is 0.00000196. The molecule has 1 aromatic heterocycles. The third-order valence-corrected chi connectivity index (χ3v) is 4.49. The Labute approximate surface area is 178 Å². The van der Waals surface area contributed by atoms with E-state index >= 15 is 0 Å². The number of pyridine rings is 1. The van der Waals surface area contributed by atoms with E-state index in [1.54, 1.807) is 25.4 Å². The number of carbonyl (C=O) groups excluding carboxylic acids is 1. The minimum atomic E-state index is 0. The van der Waals surface area contributed by atoms with Crippen molar-refractivity contribution in [3.8, 4) is 17.4 Å². The van der Waals surface area contributed by atoms with Gasteiger partial charge in [0.1, 0.15) is 11.5 Å². The van der Waals surface area contributed by atoms with Crippen molar-refractivity contribution >= 4 is 30.7 Å². The Hall–Kier alpha value is -2.02. The van der Waals surface area contributed by atoms with E-state index in [1.807, 2.05) is 24.3 Å². The molecule has 2 N–H and O–H groups in total. The second-order valence-corrected chi connectivity index (χ2v) is 6.46. The molecule has 1 fully saturated rings. The molecule has 1 aliphatic rings. The molecule has 0 radical (unpaired) electrons. The number of nitrogens with one attached hydrogen (secondary N) is 2. The molecule has 1 saturated heterocycles. The highest BCUT2D eigenvalue weighted by Gasteiger charge is 2.15. The lowest BCUT2D eigenvalue weighted by Gasteiger charge is -2.09. The molecule has 6 nitrogen and oxygen atoms in total. The molecular weight excluding hydrogens is 401 g/mol. The van der Waals surface area contributed by atoms with E-state index in [2.05, 4.69) is 15.6 Å². The van der Waals surface area contributed by atoms with E-state index in [-0.39, 0.29) is 30.7 Å². The van der Waals surface area contributed by atoms with Gasteiger partial charge in [0.2, 0.25) is 11.8 Å². The van der Waals surface area contributed by atoms with E-state index in [0.29, 0.717) is 30.5 Å². The fourth-order valence-corrected chi connectivity index (χ4v) is 2.95. The summed E-state index contributed by atoms with van der Waals surface area (Å²) in [7, 11) is 1.62. The number of ether oxygens (including phenoxy) is 2. The monoisotopic (exact) mass is 427 g/mol. The molecular formula is C20H27Cl2N3O3. The maximum atomic E-state index is 12.0. The van der Waals surface area contributed by atoms with Gasteiger partial charge in [0.25, 0.3) is 0 Å². The number of hydrogen-bond donors (Lipinski definition) is 2. The standard InChI is InChI=1S/C20H25N3O3.2ClH/c1-25-17-3-2-4-18(11-17)26-20-8-6-16(14-23-20)13-22-19(24)7-5-15-9-10-21-12-15;;/h2-4,6,8,11,14-15,21H,5,7,9-10,12-13H2,1H3,(H,22,24);2*1H. The predicted molar refractivity (Wildman–Crippen MR) is 114 cm³/mol. The molecule has 28 heavy (non-hydrogen) atoms. The summed E-state index contributed by atoms with van der Waals surface area (Å²) in [5.74, 6) is 2.63. The second kappa shape index (κ2) is 12.4. The van der Waals surface area contributed by atoms with Crippen LogP contribution in [-0.4, -0.2) is 31.1 Å². The van der Waals surface area contributed by atoms with Gasteiger partial charge >= 0.3 is 0 Å². The fourth-order valence-electron chi connectivity index (χ4n) is 2.95.